The molecule has 0 aliphatic carbocycles. The van der Waals surface area contributed by atoms with Gasteiger partial charge in [-0.25, -0.2) is 0 Å². The highest BCUT2D eigenvalue weighted by Crippen LogP contribution is 2.28. The highest BCUT2D eigenvalue weighted by molar-refractivity contribution is 5.96. The van der Waals surface area contributed by atoms with Crippen molar-refractivity contribution < 1.29 is 6.22 Å². The molecule has 1 N–H and O–H groups in total. The number of H-pyrrole nitrogens is 1. The fraction of sp³-hybridized carbons (Fsp3) is 0.455. The number of aryl methyl sites for hydroxylation is 1. The van der Waals surface area contributed by atoms with Gasteiger partial charge < -0.3 is 4.98 Å². The molecule has 1 aliphatic heterocycles. The zero-order valence-electron chi connectivity index (χ0n) is 8.92. The van der Waals surface area contributed by atoms with Crippen molar-refractivity contribution in [2.45, 2.75) is 26.7 Å². The largest absolute Gasteiger partial charge is 0.344 e. The van der Waals surface area contributed by atoms with Crippen molar-refractivity contribution in [2.75, 3.05) is 11.4 Å². The first-order valence-corrected chi connectivity index (χ1v) is 5.04. The lowest BCUT2D eigenvalue weighted by Crippen LogP contribution is -2.24. The topological polar surface area (TPSA) is 59.9 Å². The molecule has 80 valence electrons. The first-order valence-electron chi connectivity index (χ1n) is 5.04. The van der Waals surface area contributed by atoms with E-state index in [4.69, 9.17) is 5.26 Å². The number of hydrogen-bond acceptors (Lipinski definition) is 2. The zero-order valence-corrected chi connectivity index (χ0v) is 8.92. The van der Waals surface area contributed by atoms with Crippen molar-refractivity contribution in [2.24, 2.45) is 0 Å². The van der Waals surface area contributed by atoms with Gasteiger partial charge >= 0.3 is 0 Å². The summed E-state index contributed by atoms with van der Waals surface area (Å²) in [7, 11) is 0. The number of rotatable bonds is 1. The summed E-state index contributed by atoms with van der Waals surface area (Å²) < 4.78 is 0. The third-order valence-corrected chi connectivity index (χ3v) is 2.94. The quantitative estimate of drug-likeness (QED) is 0.760. The van der Waals surface area contributed by atoms with Gasteiger partial charge in [-0.2, -0.15) is 5.26 Å². The third-order valence-electron chi connectivity index (χ3n) is 2.94. The van der Waals surface area contributed by atoms with Crippen LogP contribution in [0.5, 0.6) is 0 Å². The Labute approximate surface area is 90.0 Å². The molecule has 1 aliphatic rings. The summed E-state index contributed by atoms with van der Waals surface area (Å²) in [5.74, 6) is 0.780. The number of amides is 1. The Balaban J connectivity index is 0.00000128. The molecule has 0 unspecified atom stereocenters. The van der Waals surface area contributed by atoms with Gasteiger partial charge in [0.1, 0.15) is 11.9 Å². The van der Waals surface area contributed by atoms with Gasteiger partial charge in [-0.15, -0.1) is 0 Å². The number of carbonyl (C=O) groups is 1. The maximum absolute atomic E-state index is 11.6. The number of hydrogen-bond donors (Lipinski definition) is 1. The van der Waals surface area contributed by atoms with Gasteiger partial charge in [0, 0.05) is 20.1 Å². The second-order valence-electron chi connectivity index (χ2n) is 3.86. The van der Waals surface area contributed by atoms with Gasteiger partial charge in [-0.3, -0.25) is 9.69 Å². The highest BCUT2D eigenvalue weighted by Gasteiger charge is 2.26. The SMILES string of the molecule is Cc1[nH]c(N2CCCC2=O)c(C#N)c1C.[HH]. The molecular formula is C11H15N3O. The lowest BCUT2D eigenvalue weighted by atomic mass is 10.2. The van der Waals surface area contributed by atoms with Crippen molar-refractivity contribution in [1.82, 2.24) is 4.98 Å². The summed E-state index contributed by atoms with van der Waals surface area (Å²) >= 11 is 0. The highest BCUT2D eigenvalue weighted by atomic mass is 16.2. The molecule has 1 aromatic rings. The maximum atomic E-state index is 11.6. The van der Waals surface area contributed by atoms with E-state index in [-0.39, 0.29) is 7.33 Å². The molecule has 1 amide bonds. The van der Waals surface area contributed by atoms with E-state index in [9.17, 15) is 4.79 Å². The Morgan fingerprint density at radius 1 is 1.53 bits per heavy atom. The second-order valence-corrected chi connectivity index (χ2v) is 3.86. The predicted molar refractivity (Wildman–Crippen MR) is 58.7 cm³/mol. The summed E-state index contributed by atoms with van der Waals surface area (Å²) in [5.41, 5.74) is 2.50. The van der Waals surface area contributed by atoms with Crippen molar-refractivity contribution in [3.63, 3.8) is 0 Å². The molecule has 0 spiro atoms. The van der Waals surface area contributed by atoms with E-state index < -0.39 is 0 Å². The fourth-order valence-corrected chi connectivity index (χ4v) is 1.92. The van der Waals surface area contributed by atoms with Crippen molar-refractivity contribution in [1.29, 1.82) is 5.26 Å². The number of nitrogens with zero attached hydrogens (tertiary/aromatic N) is 2. The first kappa shape index (κ1) is 9.78. The zero-order chi connectivity index (χ0) is 11.0. The second kappa shape index (κ2) is 3.43. The Hall–Kier alpha value is -1.76. The Bertz CT molecular complexity index is 459. The number of nitriles is 1. The van der Waals surface area contributed by atoms with Crippen LogP contribution in [0.1, 0.15) is 31.1 Å². The van der Waals surface area contributed by atoms with Crippen LogP contribution in [0.4, 0.5) is 5.82 Å². The van der Waals surface area contributed by atoms with E-state index in [1.807, 2.05) is 13.8 Å². The van der Waals surface area contributed by atoms with Crippen LogP contribution in [0.25, 0.3) is 0 Å². The number of nitrogens with one attached hydrogen (secondary N) is 1. The summed E-state index contributed by atoms with van der Waals surface area (Å²) in [5, 5.41) is 9.05. The van der Waals surface area contributed by atoms with Crippen LogP contribution in [0.15, 0.2) is 0 Å². The third kappa shape index (κ3) is 1.40. The molecule has 2 rings (SSSR count). The molecule has 0 aromatic carbocycles. The molecule has 0 bridgehead atoms. The minimum Gasteiger partial charge on any atom is -0.344 e. The Kier molecular flexibility index (Phi) is 2.24. The normalized spacial score (nSPS) is 15.8. The molecule has 1 saturated heterocycles. The van der Waals surface area contributed by atoms with Crippen LogP contribution in [0, 0.1) is 25.2 Å². The summed E-state index contributed by atoms with van der Waals surface area (Å²) in [4.78, 5) is 16.4. The summed E-state index contributed by atoms with van der Waals surface area (Å²) in [6.45, 7) is 4.53. The van der Waals surface area contributed by atoms with Gasteiger partial charge in [-0.1, -0.05) is 0 Å². The number of anilines is 1. The standard InChI is InChI=1S/C11H13N3O.H2/c1-7-8(2)13-11(9(7)6-12)14-5-3-4-10(14)15;/h13H,3-5H2,1-2H3;1H. The van der Waals surface area contributed by atoms with Crippen molar-refractivity contribution >= 4 is 11.7 Å². The molecule has 1 aromatic heterocycles. The smallest absolute Gasteiger partial charge is 0.228 e. The van der Waals surface area contributed by atoms with E-state index >= 15 is 0 Å². The average molecular weight is 205 g/mol. The Morgan fingerprint density at radius 3 is 2.80 bits per heavy atom. The number of aromatic amines is 1. The van der Waals surface area contributed by atoms with E-state index in [0.29, 0.717) is 24.3 Å². The van der Waals surface area contributed by atoms with Crippen LogP contribution in [0.3, 0.4) is 0 Å². The maximum Gasteiger partial charge on any atom is 0.228 e. The molecule has 0 radical (unpaired) electrons. The van der Waals surface area contributed by atoms with E-state index in [0.717, 1.165) is 17.7 Å². The molecule has 0 atom stereocenters. The molecule has 0 saturated carbocycles. The van der Waals surface area contributed by atoms with Crippen molar-refractivity contribution in [3.8, 4) is 6.07 Å². The van der Waals surface area contributed by atoms with E-state index in [2.05, 4.69) is 11.1 Å². The van der Waals surface area contributed by atoms with Gasteiger partial charge in [0.05, 0.1) is 5.56 Å². The van der Waals surface area contributed by atoms with Crippen LogP contribution in [-0.2, 0) is 4.79 Å². The lowest BCUT2D eigenvalue weighted by molar-refractivity contribution is -0.117. The van der Waals surface area contributed by atoms with E-state index in [1.165, 1.54) is 0 Å². The van der Waals surface area contributed by atoms with E-state index in [1.54, 1.807) is 4.90 Å². The molecule has 1 fully saturated rings. The number of carbonyl (C=O) groups excluding carboxylic acids is 1. The van der Waals surface area contributed by atoms with Crippen molar-refractivity contribution in [3.05, 3.63) is 16.8 Å². The van der Waals surface area contributed by atoms with Crippen LogP contribution in [0.2, 0.25) is 0 Å². The average Bonchev–Trinajstić information content (AvgIpc) is 2.73. The van der Waals surface area contributed by atoms with Gasteiger partial charge in [0.2, 0.25) is 5.91 Å². The first-order chi connectivity index (χ1) is 7.15. The fourth-order valence-electron chi connectivity index (χ4n) is 1.92. The lowest BCUT2D eigenvalue weighted by Gasteiger charge is -2.13. The van der Waals surface area contributed by atoms with Gasteiger partial charge in [-0.05, 0) is 25.8 Å². The molecule has 4 nitrogen and oxygen atoms in total. The number of aromatic nitrogens is 1. The summed E-state index contributed by atoms with van der Waals surface area (Å²) in [6, 6.07) is 2.16. The van der Waals surface area contributed by atoms with Crippen LogP contribution >= 0.6 is 0 Å². The molecule has 15 heavy (non-hydrogen) atoms. The predicted octanol–water partition coefficient (Wildman–Crippen LogP) is 1.88. The minimum absolute atomic E-state index is 0. The molecule has 2 heterocycles. The van der Waals surface area contributed by atoms with Crippen LogP contribution in [-0.4, -0.2) is 17.4 Å². The Morgan fingerprint density at radius 2 is 2.27 bits per heavy atom. The molecule has 4 heteroatoms. The monoisotopic (exact) mass is 205 g/mol. The summed E-state index contributed by atoms with van der Waals surface area (Å²) in [6.07, 6.45) is 1.46. The minimum atomic E-state index is 0. The van der Waals surface area contributed by atoms with Gasteiger partial charge in [0.25, 0.3) is 0 Å². The van der Waals surface area contributed by atoms with Crippen LogP contribution < -0.4 is 4.90 Å². The van der Waals surface area contributed by atoms with Gasteiger partial charge in [0.15, 0.2) is 0 Å². The molecular weight excluding hydrogens is 190 g/mol.